The SMILES string of the molecule is COC1=C(C(=O)O)C(C)c2ccc(C(F)(F)F)cc2N1Cc1ccc(C)cc1. The molecule has 1 aliphatic heterocycles. The van der Waals surface area contributed by atoms with E-state index in [0.717, 1.165) is 23.3 Å². The van der Waals surface area contributed by atoms with E-state index < -0.39 is 23.6 Å². The maximum atomic E-state index is 13.3. The summed E-state index contributed by atoms with van der Waals surface area (Å²) in [7, 11) is 1.33. The summed E-state index contributed by atoms with van der Waals surface area (Å²) < 4.78 is 45.2. The Bertz CT molecular complexity index is 933. The van der Waals surface area contributed by atoms with Crippen LogP contribution in [-0.2, 0) is 22.3 Å². The lowest BCUT2D eigenvalue weighted by Crippen LogP contribution is -2.33. The van der Waals surface area contributed by atoms with Gasteiger partial charge in [-0.15, -0.1) is 0 Å². The number of methoxy groups -OCH3 is 1. The van der Waals surface area contributed by atoms with Crippen LogP contribution >= 0.6 is 0 Å². The number of anilines is 1. The van der Waals surface area contributed by atoms with Crippen LogP contribution in [-0.4, -0.2) is 18.2 Å². The van der Waals surface area contributed by atoms with E-state index in [-0.39, 0.29) is 18.0 Å². The molecule has 0 radical (unpaired) electrons. The summed E-state index contributed by atoms with van der Waals surface area (Å²) in [6.07, 6.45) is -4.50. The van der Waals surface area contributed by atoms with Crippen LogP contribution in [0.15, 0.2) is 53.9 Å². The minimum Gasteiger partial charge on any atom is -0.482 e. The first-order chi connectivity index (χ1) is 13.1. The largest absolute Gasteiger partial charge is 0.482 e. The smallest absolute Gasteiger partial charge is 0.416 e. The summed E-state index contributed by atoms with van der Waals surface area (Å²) in [5.41, 5.74) is 1.90. The highest BCUT2D eigenvalue weighted by molar-refractivity contribution is 5.92. The minimum absolute atomic E-state index is 0.0156. The van der Waals surface area contributed by atoms with Crippen molar-refractivity contribution in [1.29, 1.82) is 0 Å². The van der Waals surface area contributed by atoms with Crippen LogP contribution in [0.25, 0.3) is 0 Å². The van der Waals surface area contributed by atoms with Crippen LogP contribution < -0.4 is 4.90 Å². The maximum Gasteiger partial charge on any atom is 0.416 e. The van der Waals surface area contributed by atoms with Gasteiger partial charge in [0.05, 0.1) is 19.2 Å². The van der Waals surface area contributed by atoms with Crippen molar-refractivity contribution in [2.45, 2.75) is 32.5 Å². The van der Waals surface area contributed by atoms with Crippen molar-refractivity contribution in [2.75, 3.05) is 12.0 Å². The Morgan fingerprint density at radius 3 is 2.36 bits per heavy atom. The number of aryl methyl sites for hydroxylation is 1. The fourth-order valence-corrected chi connectivity index (χ4v) is 3.45. The molecule has 0 aliphatic carbocycles. The van der Waals surface area contributed by atoms with Crippen molar-refractivity contribution in [2.24, 2.45) is 0 Å². The maximum absolute atomic E-state index is 13.3. The van der Waals surface area contributed by atoms with E-state index in [4.69, 9.17) is 4.74 Å². The normalized spacial score (nSPS) is 16.8. The van der Waals surface area contributed by atoms with Crippen molar-refractivity contribution in [3.63, 3.8) is 0 Å². The molecule has 2 aromatic rings. The number of aliphatic carboxylic acids is 1. The lowest BCUT2D eigenvalue weighted by Gasteiger charge is -2.36. The van der Waals surface area contributed by atoms with E-state index in [9.17, 15) is 23.1 Å². The molecular formula is C21H20F3NO3. The predicted octanol–water partition coefficient (Wildman–Crippen LogP) is 5.08. The molecule has 0 spiro atoms. The standard InChI is InChI=1S/C21H20F3NO3/c1-12-4-6-14(7-5-12)11-25-17-10-15(21(22,23)24)8-9-16(17)13(2)18(20(26)27)19(25)28-3/h4-10,13H,11H2,1-3H3,(H,26,27). The highest BCUT2D eigenvalue weighted by Gasteiger charge is 2.38. The highest BCUT2D eigenvalue weighted by Crippen LogP contribution is 2.44. The van der Waals surface area contributed by atoms with Crippen LogP contribution in [0.3, 0.4) is 0 Å². The van der Waals surface area contributed by atoms with Crippen molar-refractivity contribution >= 4 is 11.7 Å². The third-order valence-corrected chi connectivity index (χ3v) is 4.91. The molecule has 148 valence electrons. The van der Waals surface area contributed by atoms with Gasteiger partial charge in [0.15, 0.2) is 0 Å². The van der Waals surface area contributed by atoms with Gasteiger partial charge in [0, 0.05) is 11.6 Å². The molecule has 0 saturated carbocycles. The molecule has 3 rings (SSSR count). The lowest BCUT2D eigenvalue weighted by atomic mass is 9.87. The van der Waals surface area contributed by atoms with E-state index >= 15 is 0 Å². The molecule has 7 heteroatoms. The summed E-state index contributed by atoms with van der Waals surface area (Å²) in [5.74, 6) is -1.73. The van der Waals surface area contributed by atoms with E-state index in [0.29, 0.717) is 11.3 Å². The third kappa shape index (κ3) is 3.56. The molecule has 0 bridgehead atoms. The average molecular weight is 391 g/mol. The van der Waals surface area contributed by atoms with Crippen LogP contribution in [0.4, 0.5) is 18.9 Å². The van der Waals surface area contributed by atoms with E-state index in [1.165, 1.54) is 18.1 Å². The second-order valence-corrected chi connectivity index (χ2v) is 6.79. The Hall–Kier alpha value is -2.96. The number of rotatable bonds is 4. The molecule has 1 atom stereocenters. The summed E-state index contributed by atoms with van der Waals surface area (Å²) in [4.78, 5) is 13.4. The zero-order valence-electron chi connectivity index (χ0n) is 15.7. The Balaban J connectivity index is 2.19. The molecule has 1 heterocycles. The number of nitrogens with zero attached hydrogens (tertiary/aromatic N) is 1. The number of hydrogen-bond acceptors (Lipinski definition) is 3. The van der Waals surface area contributed by atoms with Crippen LogP contribution in [0.5, 0.6) is 0 Å². The van der Waals surface area contributed by atoms with Gasteiger partial charge in [0.25, 0.3) is 0 Å². The van der Waals surface area contributed by atoms with E-state index in [1.54, 1.807) is 6.92 Å². The molecule has 1 N–H and O–H groups in total. The van der Waals surface area contributed by atoms with Crippen molar-refractivity contribution in [1.82, 2.24) is 0 Å². The third-order valence-electron chi connectivity index (χ3n) is 4.91. The Morgan fingerprint density at radius 1 is 1.18 bits per heavy atom. The number of benzene rings is 2. The molecule has 28 heavy (non-hydrogen) atoms. The molecule has 0 fully saturated rings. The fraction of sp³-hybridized carbons (Fsp3) is 0.286. The van der Waals surface area contributed by atoms with Crippen molar-refractivity contribution in [3.05, 3.63) is 76.2 Å². The van der Waals surface area contributed by atoms with Gasteiger partial charge >= 0.3 is 12.1 Å². The Morgan fingerprint density at radius 2 is 1.82 bits per heavy atom. The topological polar surface area (TPSA) is 49.8 Å². The van der Waals surface area contributed by atoms with Crippen molar-refractivity contribution in [3.8, 4) is 0 Å². The first kappa shape index (κ1) is 19.8. The zero-order valence-corrected chi connectivity index (χ0v) is 15.7. The molecule has 0 saturated heterocycles. The highest BCUT2D eigenvalue weighted by atomic mass is 19.4. The first-order valence-electron chi connectivity index (χ1n) is 8.69. The van der Waals surface area contributed by atoms with Gasteiger partial charge in [0.1, 0.15) is 5.57 Å². The van der Waals surface area contributed by atoms with Gasteiger partial charge in [-0.3, -0.25) is 0 Å². The monoisotopic (exact) mass is 391 g/mol. The summed E-state index contributed by atoms with van der Waals surface area (Å²) in [6.45, 7) is 3.76. The van der Waals surface area contributed by atoms with E-state index in [2.05, 4.69) is 0 Å². The lowest BCUT2D eigenvalue weighted by molar-refractivity contribution is -0.137. The molecular weight excluding hydrogens is 371 g/mol. The number of carboxylic acids is 1. The van der Waals surface area contributed by atoms with Crippen molar-refractivity contribution < 1.29 is 27.8 Å². The van der Waals surface area contributed by atoms with E-state index in [1.807, 2.05) is 31.2 Å². The number of halogens is 3. The fourth-order valence-electron chi connectivity index (χ4n) is 3.45. The molecule has 1 unspecified atom stereocenters. The molecule has 0 aromatic heterocycles. The minimum atomic E-state index is -4.50. The Kier molecular flexibility index (Phi) is 5.10. The quantitative estimate of drug-likeness (QED) is 0.790. The second kappa shape index (κ2) is 7.22. The van der Waals surface area contributed by atoms with Gasteiger partial charge in [-0.05, 0) is 30.2 Å². The number of hydrogen-bond donors (Lipinski definition) is 1. The number of carbonyl (C=O) groups is 1. The average Bonchev–Trinajstić information content (AvgIpc) is 2.63. The van der Waals surface area contributed by atoms with Gasteiger partial charge in [0.2, 0.25) is 5.88 Å². The molecule has 1 aliphatic rings. The predicted molar refractivity (Wildman–Crippen MR) is 98.9 cm³/mol. The van der Waals surface area contributed by atoms with Crippen LogP contribution in [0, 0.1) is 6.92 Å². The van der Waals surface area contributed by atoms with Gasteiger partial charge in [-0.2, -0.15) is 13.2 Å². The molecule has 2 aromatic carbocycles. The second-order valence-electron chi connectivity index (χ2n) is 6.79. The molecule has 4 nitrogen and oxygen atoms in total. The first-order valence-corrected chi connectivity index (χ1v) is 8.69. The van der Waals surface area contributed by atoms with Crippen LogP contribution in [0.1, 0.15) is 35.1 Å². The Labute approximate surface area is 160 Å². The molecule has 0 amide bonds. The van der Waals surface area contributed by atoms with Gasteiger partial charge in [-0.1, -0.05) is 42.8 Å². The summed E-state index contributed by atoms with van der Waals surface area (Å²) in [5, 5.41) is 9.70. The number of alkyl halides is 3. The number of carboxylic acid groups (broad SMARTS) is 1. The number of ether oxygens (including phenoxy) is 1. The number of fused-ring (bicyclic) bond motifs is 1. The summed E-state index contributed by atoms with van der Waals surface area (Å²) in [6, 6.07) is 10.9. The van der Waals surface area contributed by atoms with Crippen LogP contribution in [0.2, 0.25) is 0 Å². The van der Waals surface area contributed by atoms with Gasteiger partial charge in [-0.25, -0.2) is 4.79 Å². The summed E-state index contributed by atoms with van der Waals surface area (Å²) >= 11 is 0. The van der Waals surface area contributed by atoms with Gasteiger partial charge < -0.3 is 14.7 Å². The zero-order chi connectivity index (χ0) is 20.6.